The molecule has 35 heavy (non-hydrogen) atoms. The number of nitrogens with zero attached hydrogens (tertiary/aromatic N) is 3. The van der Waals surface area contributed by atoms with Gasteiger partial charge in [0.25, 0.3) is 0 Å². The largest absolute Gasteiger partial charge is 0.486 e. The summed E-state index contributed by atoms with van der Waals surface area (Å²) in [4.78, 5) is 27.7. The molecule has 2 aromatic heterocycles. The number of rotatable bonds is 6. The van der Waals surface area contributed by atoms with Gasteiger partial charge in [-0.15, -0.1) is 0 Å². The van der Waals surface area contributed by atoms with Crippen molar-refractivity contribution >= 4 is 23.5 Å². The number of anilines is 1. The zero-order valence-corrected chi connectivity index (χ0v) is 19.7. The Morgan fingerprint density at radius 3 is 2.86 bits per heavy atom. The van der Waals surface area contributed by atoms with Crippen molar-refractivity contribution in [1.82, 2.24) is 19.9 Å². The van der Waals surface area contributed by atoms with Gasteiger partial charge in [-0.2, -0.15) is 5.10 Å². The second kappa shape index (κ2) is 9.28. The van der Waals surface area contributed by atoms with Crippen molar-refractivity contribution in [1.29, 1.82) is 0 Å². The standard InChI is InChI=1S/C23H26FN5O6/c1-12(27-18-5-6-29-20(28-18)16(10-26-29)21(30)31)15-7-13(24)8-17-19(15)34-14(11-33-17)9-25-22(32)35-23(2,3)4/h5-8,10,12,14H,9,11H2,1-4H3,(H,25,32)(H,27,28)(H,30,31)/t12?,14-/m1/s1. The number of ether oxygens (including phenoxy) is 3. The number of carbonyl (C=O) groups is 2. The average Bonchev–Trinajstić information content (AvgIpc) is 3.19. The Bertz CT molecular complexity index is 1270. The molecule has 186 valence electrons. The first-order chi connectivity index (χ1) is 16.5. The highest BCUT2D eigenvalue weighted by Gasteiger charge is 2.28. The molecule has 0 saturated heterocycles. The maximum absolute atomic E-state index is 14.3. The van der Waals surface area contributed by atoms with Crippen LogP contribution in [0.4, 0.5) is 15.0 Å². The predicted molar refractivity (Wildman–Crippen MR) is 123 cm³/mol. The van der Waals surface area contributed by atoms with E-state index in [0.717, 1.165) is 0 Å². The number of carbonyl (C=O) groups excluding carboxylic acids is 1. The van der Waals surface area contributed by atoms with Gasteiger partial charge < -0.3 is 30.0 Å². The number of halogens is 1. The lowest BCUT2D eigenvalue weighted by molar-refractivity contribution is 0.0450. The quantitative estimate of drug-likeness (QED) is 0.478. The highest BCUT2D eigenvalue weighted by molar-refractivity contribution is 5.94. The lowest BCUT2D eigenvalue weighted by Gasteiger charge is -2.30. The maximum Gasteiger partial charge on any atom is 0.407 e. The summed E-state index contributed by atoms with van der Waals surface area (Å²) in [6.45, 7) is 7.32. The Kier molecular flexibility index (Phi) is 6.37. The average molecular weight is 487 g/mol. The molecule has 0 saturated carbocycles. The van der Waals surface area contributed by atoms with Gasteiger partial charge in [-0.3, -0.25) is 0 Å². The molecule has 2 atom stereocenters. The minimum absolute atomic E-state index is 0.0403. The van der Waals surface area contributed by atoms with Crippen molar-refractivity contribution in [3.05, 3.63) is 47.5 Å². The molecule has 0 spiro atoms. The van der Waals surface area contributed by atoms with E-state index in [-0.39, 0.29) is 30.1 Å². The molecule has 1 aliphatic heterocycles. The summed E-state index contributed by atoms with van der Waals surface area (Å²) in [7, 11) is 0. The number of carboxylic acid groups (broad SMARTS) is 1. The number of alkyl carbamates (subject to hydrolysis) is 1. The second-order valence-electron chi connectivity index (χ2n) is 9.07. The first-order valence-corrected chi connectivity index (χ1v) is 10.9. The third-order valence-electron chi connectivity index (χ3n) is 5.06. The molecule has 0 radical (unpaired) electrons. The number of fused-ring (bicyclic) bond motifs is 2. The molecule has 4 rings (SSSR count). The van der Waals surface area contributed by atoms with Crippen molar-refractivity contribution in [2.45, 2.75) is 45.4 Å². The fourth-order valence-corrected chi connectivity index (χ4v) is 3.54. The molecule has 0 bridgehead atoms. The van der Waals surface area contributed by atoms with Gasteiger partial charge in [0.15, 0.2) is 23.3 Å². The third kappa shape index (κ3) is 5.53. The number of hydrogen-bond acceptors (Lipinski definition) is 8. The zero-order valence-electron chi connectivity index (χ0n) is 19.7. The first-order valence-electron chi connectivity index (χ1n) is 10.9. The van der Waals surface area contributed by atoms with Crippen molar-refractivity contribution in [2.75, 3.05) is 18.5 Å². The first kappa shape index (κ1) is 24.0. The fraction of sp³-hybridized carbons (Fsp3) is 0.391. The Hall–Kier alpha value is -4.09. The number of hydrogen-bond donors (Lipinski definition) is 3. The number of benzene rings is 1. The minimum atomic E-state index is -1.14. The molecule has 1 aromatic carbocycles. The van der Waals surface area contributed by atoms with E-state index in [1.807, 2.05) is 0 Å². The summed E-state index contributed by atoms with van der Waals surface area (Å²) in [6.07, 6.45) is 1.69. The minimum Gasteiger partial charge on any atom is -0.486 e. The topological polar surface area (TPSA) is 136 Å². The van der Waals surface area contributed by atoms with Gasteiger partial charge in [-0.05, 0) is 39.8 Å². The van der Waals surface area contributed by atoms with Gasteiger partial charge in [0, 0.05) is 17.8 Å². The van der Waals surface area contributed by atoms with Crippen LogP contribution in [0.15, 0.2) is 30.6 Å². The van der Waals surface area contributed by atoms with E-state index >= 15 is 0 Å². The van der Waals surface area contributed by atoms with Crippen LogP contribution in [0, 0.1) is 5.82 Å². The van der Waals surface area contributed by atoms with Crippen molar-refractivity contribution in [2.24, 2.45) is 0 Å². The van der Waals surface area contributed by atoms with Crippen LogP contribution in [0.25, 0.3) is 5.65 Å². The van der Waals surface area contributed by atoms with Crippen LogP contribution < -0.4 is 20.1 Å². The van der Waals surface area contributed by atoms with Crippen LogP contribution in [-0.4, -0.2) is 56.6 Å². The van der Waals surface area contributed by atoms with Gasteiger partial charge in [0.05, 0.1) is 18.8 Å². The van der Waals surface area contributed by atoms with Crippen molar-refractivity contribution in [3.8, 4) is 11.5 Å². The van der Waals surface area contributed by atoms with Gasteiger partial charge in [-0.1, -0.05) is 0 Å². The van der Waals surface area contributed by atoms with Crippen LogP contribution in [-0.2, 0) is 4.74 Å². The number of aromatic carboxylic acids is 1. The van der Waals surface area contributed by atoms with Crippen molar-refractivity contribution < 1.29 is 33.3 Å². The van der Waals surface area contributed by atoms with Crippen LogP contribution in [0.3, 0.4) is 0 Å². The number of amides is 1. The number of nitrogens with one attached hydrogen (secondary N) is 2. The molecule has 3 aromatic rings. The highest BCUT2D eigenvalue weighted by Crippen LogP contribution is 2.40. The molecular weight excluding hydrogens is 461 g/mol. The van der Waals surface area contributed by atoms with E-state index in [0.29, 0.717) is 17.1 Å². The Morgan fingerprint density at radius 2 is 2.14 bits per heavy atom. The lowest BCUT2D eigenvalue weighted by atomic mass is 10.1. The van der Waals surface area contributed by atoms with E-state index < -0.39 is 35.6 Å². The lowest BCUT2D eigenvalue weighted by Crippen LogP contribution is -2.42. The SMILES string of the molecule is CC(Nc1ccn2ncc(C(=O)O)c2n1)c1cc(F)cc2c1O[C@H](CNC(=O)OC(C)(C)C)CO2. The molecule has 3 N–H and O–H groups in total. The number of carboxylic acids is 1. The molecule has 1 aliphatic rings. The summed E-state index contributed by atoms with van der Waals surface area (Å²) < 4.78 is 32.7. The maximum atomic E-state index is 14.3. The monoisotopic (exact) mass is 487 g/mol. The van der Waals surface area contributed by atoms with Gasteiger partial charge in [0.2, 0.25) is 0 Å². The predicted octanol–water partition coefficient (Wildman–Crippen LogP) is 3.40. The summed E-state index contributed by atoms with van der Waals surface area (Å²) in [5, 5.41) is 19.1. The van der Waals surface area contributed by atoms with Gasteiger partial charge in [0.1, 0.15) is 29.4 Å². The van der Waals surface area contributed by atoms with Crippen LogP contribution >= 0.6 is 0 Å². The van der Waals surface area contributed by atoms with Gasteiger partial charge in [-0.25, -0.2) is 23.5 Å². The molecule has 11 nitrogen and oxygen atoms in total. The summed E-state index contributed by atoms with van der Waals surface area (Å²) >= 11 is 0. The Labute approximate surface area is 200 Å². The van der Waals surface area contributed by atoms with Crippen LogP contribution in [0.1, 0.15) is 49.7 Å². The molecule has 3 heterocycles. The van der Waals surface area contributed by atoms with E-state index in [1.165, 1.54) is 22.8 Å². The smallest absolute Gasteiger partial charge is 0.407 e. The van der Waals surface area contributed by atoms with Crippen molar-refractivity contribution in [3.63, 3.8) is 0 Å². The fourth-order valence-electron chi connectivity index (χ4n) is 3.54. The van der Waals surface area contributed by atoms with E-state index in [1.54, 1.807) is 40.0 Å². The summed E-state index contributed by atoms with van der Waals surface area (Å²) in [6, 6.07) is 3.69. The highest BCUT2D eigenvalue weighted by atomic mass is 19.1. The summed E-state index contributed by atoms with van der Waals surface area (Å²) in [5.74, 6) is -0.701. The van der Waals surface area contributed by atoms with E-state index in [9.17, 15) is 19.1 Å². The molecule has 12 heteroatoms. The molecule has 0 aliphatic carbocycles. The van der Waals surface area contributed by atoms with Crippen LogP contribution in [0.5, 0.6) is 11.5 Å². The zero-order chi connectivity index (χ0) is 25.3. The molecule has 1 unspecified atom stereocenters. The molecule has 1 amide bonds. The second-order valence-corrected chi connectivity index (χ2v) is 9.07. The van der Waals surface area contributed by atoms with Crippen LogP contribution in [0.2, 0.25) is 0 Å². The number of aromatic nitrogens is 3. The Balaban J connectivity index is 1.51. The molecule has 0 fully saturated rings. The van der Waals surface area contributed by atoms with E-state index in [2.05, 4.69) is 20.7 Å². The van der Waals surface area contributed by atoms with E-state index in [4.69, 9.17) is 14.2 Å². The van der Waals surface area contributed by atoms with Gasteiger partial charge >= 0.3 is 12.1 Å². The molecular formula is C23H26FN5O6. The normalized spacial score (nSPS) is 16.0. The Morgan fingerprint density at radius 1 is 1.37 bits per heavy atom. The summed E-state index contributed by atoms with van der Waals surface area (Å²) in [5.41, 5.74) is -0.0352. The third-order valence-corrected chi connectivity index (χ3v) is 5.06.